The van der Waals surface area contributed by atoms with Crippen LogP contribution >= 0.6 is 11.3 Å². The second kappa shape index (κ2) is 5.21. The minimum Gasteiger partial charge on any atom is -0.478 e. The Labute approximate surface area is 111 Å². The Balaban J connectivity index is 2.29. The van der Waals surface area contributed by atoms with Crippen molar-refractivity contribution in [3.05, 3.63) is 22.6 Å². The molecule has 7 nitrogen and oxygen atoms in total. The quantitative estimate of drug-likeness (QED) is 0.546. The number of anilines is 1. The van der Waals surface area contributed by atoms with E-state index in [1.54, 1.807) is 6.07 Å². The predicted molar refractivity (Wildman–Crippen MR) is 65.9 cm³/mol. The highest BCUT2D eigenvalue weighted by Crippen LogP contribution is 2.35. The number of aliphatic carboxylic acids is 2. The van der Waals surface area contributed by atoms with Crippen molar-refractivity contribution >= 4 is 39.8 Å². The topological polar surface area (TPSA) is 113 Å². The lowest BCUT2D eigenvalue weighted by Crippen LogP contribution is -2.21. The minimum absolute atomic E-state index is 0.169. The highest BCUT2D eigenvalue weighted by Gasteiger charge is 2.21. The van der Waals surface area contributed by atoms with Gasteiger partial charge in [0.25, 0.3) is 0 Å². The maximum absolute atomic E-state index is 11.0. The Bertz CT molecular complexity index is 588. The van der Waals surface area contributed by atoms with Gasteiger partial charge in [-0.1, -0.05) is 0 Å². The average molecular weight is 283 g/mol. The summed E-state index contributed by atoms with van der Waals surface area (Å²) in [7, 11) is 0. The van der Waals surface area contributed by atoms with Crippen molar-refractivity contribution in [3.63, 3.8) is 0 Å². The Kier molecular flexibility index (Phi) is 3.63. The summed E-state index contributed by atoms with van der Waals surface area (Å²) < 4.78 is 5.22. The summed E-state index contributed by atoms with van der Waals surface area (Å²) in [6.07, 6.45) is 1.04. The Morgan fingerprint density at radius 1 is 1.32 bits per heavy atom. The van der Waals surface area contributed by atoms with Crippen LogP contribution in [-0.2, 0) is 25.7 Å². The van der Waals surface area contributed by atoms with Gasteiger partial charge in [-0.3, -0.25) is 4.79 Å². The molecule has 1 aromatic rings. The number of amides is 1. The highest BCUT2D eigenvalue weighted by atomic mass is 32.1. The lowest BCUT2D eigenvalue weighted by Gasteiger charge is -2.14. The third-order valence-corrected chi connectivity index (χ3v) is 3.40. The Hall–Kier alpha value is -2.19. The molecular formula is C11H9NO6S. The minimum atomic E-state index is -1.58. The second-order valence-corrected chi connectivity index (χ2v) is 4.84. The Morgan fingerprint density at radius 2 is 2.05 bits per heavy atom. The van der Waals surface area contributed by atoms with E-state index in [0.717, 1.165) is 22.3 Å². The maximum Gasteiger partial charge on any atom is 0.394 e. The molecule has 0 saturated heterocycles. The number of carboxylic acids is 2. The molecule has 0 radical (unpaired) electrons. The molecule has 1 aromatic heterocycles. The van der Waals surface area contributed by atoms with Crippen molar-refractivity contribution in [2.75, 3.05) is 11.9 Å². The molecule has 1 aliphatic heterocycles. The van der Waals surface area contributed by atoms with E-state index in [4.69, 9.17) is 14.9 Å². The van der Waals surface area contributed by atoms with Crippen molar-refractivity contribution in [1.29, 1.82) is 0 Å². The third-order valence-electron chi connectivity index (χ3n) is 2.37. The lowest BCUT2D eigenvalue weighted by molar-refractivity contribution is -0.147. The first-order chi connectivity index (χ1) is 8.97. The van der Waals surface area contributed by atoms with Gasteiger partial charge in [0, 0.05) is 11.0 Å². The van der Waals surface area contributed by atoms with Gasteiger partial charge in [0.15, 0.2) is 0 Å². The van der Waals surface area contributed by atoms with Crippen molar-refractivity contribution in [3.8, 4) is 0 Å². The van der Waals surface area contributed by atoms with Crippen LogP contribution in [0.4, 0.5) is 5.00 Å². The van der Waals surface area contributed by atoms with Gasteiger partial charge in [0.05, 0.1) is 18.2 Å². The van der Waals surface area contributed by atoms with Gasteiger partial charge in [-0.15, -0.1) is 11.3 Å². The van der Waals surface area contributed by atoms with Gasteiger partial charge >= 0.3 is 17.8 Å². The van der Waals surface area contributed by atoms with Crippen molar-refractivity contribution in [2.24, 2.45) is 0 Å². The van der Waals surface area contributed by atoms with Gasteiger partial charge < -0.3 is 20.3 Å². The van der Waals surface area contributed by atoms with E-state index >= 15 is 0 Å². The largest absolute Gasteiger partial charge is 0.478 e. The lowest BCUT2D eigenvalue weighted by atomic mass is 10.1. The number of hydrogen-bond acceptors (Lipinski definition) is 5. The SMILES string of the molecule is O=C(O)/C=C1\COCc2sc(NC(=O)C(=O)O)cc21. The summed E-state index contributed by atoms with van der Waals surface area (Å²) in [5, 5.41) is 19.8. The van der Waals surface area contributed by atoms with Crippen LogP contribution in [0.25, 0.3) is 5.57 Å². The molecule has 0 spiro atoms. The van der Waals surface area contributed by atoms with Crippen molar-refractivity contribution < 1.29 is 29.3 Å². The molecule has 19 heavy (non-hydrogen) atoms. The molecule has 0 aromatic carbocycles. The first-order valence-corrected chi connectivity index (χ1v) is 5.97. The number of thiophene rings is 1. The van der Waals surface area contributed by atoms with Gasteiger partial charge in [-0.25, -0.2) is 9.59 Å². The summed E-state index contributed by atoms with van der Waals surface area (Å²) in [6, 6.07) is 1.55. The molecule has 1 amide bonds. The molecule has 8 heteroatoms. The molecule has 2 rings (SSSR count). The van der Waals surface area contributed by atoms with Crippen molar-refractivity contribution in [1.82, 2.24) is 0 Å². The summed E-state index contributed by atoms with van der Waals surface area (Å²) in [5.74, 6) is -3.80. The zero-order valence-corrected chi connectivity index (χ0v) is 10.3. The molecule has 2 heterocycles. The first kappa shape index (κ1) is 13.2. The number of rotatable bonds is 2. The number of fused-ring (bicyclic) bond motifs is 1. The van der Waals surface area contributed by atoms with Crippen LogP contribution < -0.4 is 5.32 Å². The summed E-state index contributed by atoms with van der Waals surface area (Å²) in [5.41, 5.74) is 1.15. The van der Waals surface area contributed by atoms with Gasteiger partial charge in [0.2, 0.25) is 0 Å². The van der Waals surface area contributed by atoms with Crippen LogP contribution in [0.2, 0.25) is 0 Å². The molecule has 100 valence electrons. The van der Waals surface area contributed by atoms with Crippen LogP contribution in [0.15, 0.2) is 12.1 Å². The van der Waals surface area contributed by atoms with Crippen molar-refractivity contribution in [2.45, 2.75) is 6.61 Å². The van der Waals surface area contributed by atoms with E-state index in [-0.39, 0.29) is 6.61 Å². The fraction of sp³-hybridized carbons (Fsp3) is 0.182. The fourth-order valence-corrected chi connectivity index (χ4v) is 2.66. The second-order valence-electron chi connectivity index (χ2n) is 3.71. The normalized spacial score (nSPS) is 15.9. The molecule has 0 atom stereocenters. The Morgan fingerprint density at radius 3 is 2.68 bits per heavy atom. The van der Waals surface area contributed by atoms with Gasteiger partial charge in [0.1, 0.15) is 0 Å². The zero-order valence-electron chi connectivity index (χ0n) is 9.50. The maximum atomic E-state index is 11.0. The van der Waals surface area contributed by atoms with Crippen LogP contribution in [0.5, 0.6) is 0 Å². The fourth-order valence-electron chi connectivity index (χ4n) is 1.63. The van der Waals surface area contributed by atoms with Gasteiger partial charge in [-0.2, -0.15) is 0 Å². The molecule has 0 fully saturated rings. The predicted octanol–water partition coefficient (Wildman–Crippen LogP) is 0.769. The van der Waals surface area contributed by atoms with E-state index < -0.39 is 17.8 Å². The third kappa shape index (κ3) is 2.98. The number of nitrogens with one attached hydrogen (secondary N) is 1. The number of hydrogen-bond donors (Lipinski definition) is 3. The number of carbonyl (C=O) groups excluding carboxylic acids is 1. The molecular weight excluding hydrogens is 274 g/mol. The van der Waals surface area contributed by atoms with E-state index in [9.17, 15) is 14.4 Å². The summed E-state index contributed by atoms with van der Waals surface area (Å²) in [6.45, 7) is 0.474. The standard InChI is InChI=1S/C11H9NO6S/c13-9(14)1-5-3-18-4-7-6(5)2-8(19-7)12-10(15)11(16)17/h1-2H,3-4H2,(H,12,15)(H,13,14)(H,16,17)/b5-1+. The van der Waals surface area contributed by atoms with E-state index in [1.807, 2.05) is 0 Å². The van der Waals surface area contributed by atoms with E-state index in [1.165, 1.54) is 0 Å². The van der Waals surface area contributed by atoms with Crippen LogP contribution in [0.3, 0.4) is 0 Å². The van der Waals surface area contributed by atoms with Crippen LogP contribution in [0.1, 0.15) is 10.4 Å². The number of carboxylic acid groups (broad SMARTS) is 2. The summed E-state index contributed by atoms with van der Waals surface area (Å²) >= 11 is 1.16. The molecule has 3 N–H and O–H groups in total. The molecule has 0 unspecified atom stereocenters. The molecule has 0 bridgehead atoms. The molecule has 0 saturated carbocycles. The first-order valence-electron chi connectivity index (χ1n) is 5.16. The smallest absolute Gasteiger partial charge is 0.394 e. The van der Waals surface area contributed by atoms with E-state index in [0.29, 0.717) is 22.7 Å². The molecule has 1 aliphatic rings. The summed E-state index contributed by atoms with van der Waals surface area (Å²) in [4.78, 5) is 32.9. The van der Waals surface area contributed by atoms with Gasteiger partial charge in [-0.05, 0) is 17.2 Å². The molecule has 0 aliphatic carbocycles. The monoisotopic (exact) mass is 283 g/mol. The van der Waals surface area contributed by atoms with Crippen LogP contribution in [0, 0.1) is 0 Å². The van der Waals surface area contributed by atoms with Crippen LogP contribution in [-0.4, -0.2) is 34.7 Å². The van der Waals surface area contributed by atoms with E-state index in [2.05, 4.69) is 5.32 Å². The zero-order chi connectivity index (χ0) is 14.0. The number of ether oxygens (including phenoxy) is 1. The average Bonchev–Trinajstić information content (AvgIpc) is 2.71. The highest BCUT2D eigenvalue weighted by molar-refractivity contribution is 7.16. The number of carbonyl (C=O) groups is 3.